The molecule has 0 heterocycles. The van der Waals surface area contributed by atoms with Gasteiger partial charge in [0, 0.05) is 12.3 Å². The average Bonchev–Trinajstić information content (AvgIpc) is 2.32. The predicted molar refractivity (Wildman–Crippen MR) is 72.2 cm³/mol. The molecule has 2 aromatic rings. The van der Waals surface area contributed by atoms with Crippen LogP contribution >= 0.6 is 0 Å². The number of fused-ring (bicyclic) bond motifs is 1. The Kier molecular flexibility index (Phi) is 3.24. The second-order valence-electron chi connectivity index (χ2n) is 3.99. The first-order valence-electron chi connectivity index (χ1n) is 5.61. The fourth-order valence-corrected chi connectivity index (χ4v) is 1.97. The molecule has 0 spiro atoms. The number of hydrogen-bond donors (Lipinski definition) is 1. The van der Waals surface area contributed by atoms with E-state index in [2.05, 4.69) is 18.0 Å². The number of carbonyl (C=O) groups is 1. The summed E-state index contributed by atoms with van der Waals surface area (Å²) in [6, 6.07) is 12.1. The molecule has 2 nitrogen and oxygen atoms in total. The van der Waals surface area contributed by atoms with E-state index in [1.807, 2.05) is 36.4 Å². The Balaban J connectivity index is 2.65. The highest BCUT2D eigenvalue weighted by Crippen LogP contribution is 2.28. The van der Waals surface area contributed by atoms with Gasteiger partial charge in [-0.3, -0.25) is 4.79 Å². The highest BCUT2D eigenvalue weighted by atomic mass is 16.1. The molecule has 0 aliphatic rings. The second kappa shape index (κ2) is 4.83. The van der Waals surface area contributed by atoms with E-state index >= 15 is 0 Å². The predicted octanol–water partition coefficient (Wildman–Crippen LogP) is 3.53. The van der Waals surface area contributed by atoms with Gasteiger partial charge in [0.25, 0.3) is 0 Å². The summed E-state index contributed by atoms with van der Waals surface area (Å²) in [5, 5.41) is 5.11. The number of hydrogen-bond acceptors (Lipinski definition) is 1. The van der Waals surface area contributed by atoms with Gasteiger partial charge >= 0.3 is 0 Å². The van der Waals surface area contributed by atoms with Crippen LogP contribution in [0.2, 0.25) is 0 Å². The molecule has 86 valence electrons. The third-order valence-electron chi connectivity index (χ3n) is 2.68. The maximum atomic E-state index is 11.3. The van der Waals surface area contributed by atoms with Crippen LogP contribution in [0.3, 0.4) is 0 Å². The van der Waals surface area contributed by atoms with Crippen molar-refractivity contribution in [1.82, 2.24) is 0 Å². The summed E-state index contributed by atoms with van der Waals surface area (Å²) >= 11 is 0. The molecule has 0 aliphatic carbocycles. The Morgan fingerprint density at radius 1 is 1.29 bits per heavy atom. The molecule has 0 radical (unpaired) electrons. The molecule has 2 rings (SSSR count). The lowest BCUT2D eigenvalue weighted by Crippen LogP contribution is -2.08. The van der Waals surface area contributed by atoms with E-state index in [0.29, 0.717) is 0 Å². The van der Waals surface area contributed by atoms with Gasteiger partial charge in [-0.2, -0.15) is 0 Å². The Labute approximate surface area is 101 Å². The minimum Gasteiger partial charge on any atom is -0.326 e. The molecule has 1 amide bonds. The van der Waals surface area contributed by atoms with Crippen LogP contribution in [0.1, 0.15) is 12.5 Å². The van der Waals surface area contributed by atoms with Crippen molar-refractivity contribution in [3.8, 4) is 0 Å². The molecule has 2 aromatic carbocycles. The number of benzene rings is 2. The van der Waals surface area contributed by atoms with E-state index in [1.165, 1.54) is 6.92 Å². The summed E-state index contributed by atoms with van der Waals surface area (Å²) < 4.78 is 0. The molecule has 0 aromatic heterocycles. The number of nitrogens with one attached hydrogen (secondary N) is 1. The van der Waals surface area contributed by atoms with Gasteiger partial charge in [0.15, 0.2) is 0 Å². The third-order valence-corrected chi connectivity index (χ3v) is 2.68. The Morgan fingerprint density at radius 3 is 2.76 bits per heavy atom. The van der Waals surface area contributed by atoms with Gasteiger partial charge in [0.2, 0.25) is 5.91 Å². The SMILES string of the molecule is C=CCc1ccc2ccccc2c1NC(C)=O. The average molecular weight is 225 g/mol. The molecule has 2 heteroatoms. The molecule has 0 bridgehead atoms. The number of amides is 1. The van der Waals surface area contributed by atoms with Crippen molar-refractivity contribution in [2.75, 3.05) is 5.32 Å². The van der Waals surface area contributed by atoms with E-state index in [9.17, 15) is 4.79 Å². The smallest absolute Gasteiger partial charge is 0.221 e. The van der Waals surface area contributed by atoms with Gasteiger partial charge in [0.05, 0.1) is 5.69 Å². The molecule has 1 N–H and O–H groups in total. The first kappa shape index (κ1) is 11.4. The van der Waals surface area contributed by atoms with Crippen molar-refractivity contribution >= 4 is 22.4 Å². The molecular formula is C15H15NO. The van der Waals surface area contributed by atoms with Crippen molar-refractivity contribution in [2.24, 2.45) is 0 Å². The van der Waals surface area contributed by atoms with Gasteiger partial charge in [-0.05, 0) is 17.4 Å². The number of carbonyl (C=O) groups excluding carboxylic acids is 1. The van der Waals surface area contributed by atoms with Crippen LogP contribution in [0.4, 0.5) is 5.69 Å². The number of anilines is 1. The number of allylic oxidation sites excluding steroid dienone is 1. The van der Waals surface area contributed by atoms with Crippen molar-refractivity contribution in [3.05, 3.63) is 54.6 Å². The summed E-state index contributed by atoms with van der Waals surface area (Å²) in [5.41, 5.74) is 1.99. The third kappa shape index (κ3) is 2.36. The topological polar surface area (TPSA) is 29.1 Å². The van der Waals surface area contributed by atoms with Gasteiger partial charge in [-0.25, -0.2) is 0 Å². The largest absolute Gasteiger partial charge is 0.326 e. The molecule has 0 atom stereocenters. The molecule has 0 unspecified atom stereocenters. The maximum absolute atomic E-state index is 11.3. The summed E-state index contributed by atoms with van der Waals surface area (Å²) in [6.07, 6.45) is 2.59. The molecule has 0 aliphatic heterocycles. The van der Waals surface area contributed by atoms with Gasteiger partial charge in [-0.1, -0.05) is 42.5 Å². The molecule has 0 saturated heterocycles. The molecule has 0 saturated carbocycles. The summed E-state index contributed by atoms with van der Waals surface area (Å²) in [5.74, 6) is -0.0494. The lowest BCUT2D eigenvalue weighted by molar-refractivity contribution is -0.114. The zero-order valence-electron chi connectivity index (χ0n) is 9.86. The maximum Gasteiger partial charge on any atom is 0.221 e. The zero-order chi connectivity index (χ0) is 12.3. The normalized spacial score (nSPS) is 10.2. The first-order chi connectivity index (χ1) is 8.22. The van der Waals surface area contributed by atoms with Crippen LogP contribution in [-0.4, -0.2) is 5.91 Å². The second-order valence-corrected chi connectivity index (χ2v) is 3.99. The molecule has 17 heavy (non-hydrogen) atoms. The van der Waals surface area contributed by atoms with Gasteiger partial charge < -0.3 is 5.32 Å². The van der Waals surface area contributed by atoms with E-state index in [0.717, 1.165) is 28.4 Å². The standard InChI is InChI=1S/C15H15NO/c1-3-6-13-10-9-12-7-4-5-8-14(12)15(13)16-11(2)17/h3-5,7-10H,1,6H2,2H3,(H,16,17). The van der Waals surface area contributed by atoms with Crippen molar-refractivity contribution < 1.29 is 4.79 Å². The Bertz CT molecular complexity index is 572. The van der Waals surface area contributed by atoms with E-state index < -0.39 is 0 Å². The van der Waals surface area contributed by atoms with Gasteiger partial charge in [-0.15, -0.1) is 6.58 Å². The van der Waals surface area contributed by atoms with Crippen LogP contribution in [0.5, 0.6) is 0 Å². The summed E-state index contributed by atoms with van der Waals surface area (Å²) in [7, 11) is 0. The van der Waals surface area contributed by atoms with Crippen LogP contribution in [0.25, 0.3) is 10.8 Å². The summed E-state index contributed by atoms with van der Waals surface area (Å²) in [6.45, 7) is 5.27. The first-order valence-corrected chi connectivity index (χ1v) is 5.61. The number of rotatable bonds is 3. The van der Waals surface area contributed by atoms with Crippen LogP contribution < -0.4 is 5.32 Å². The highest BCUT2D eigenvalue weighted by Gasteiger charge is 2.07. The Morgan fingerprint density at radius 2 is 2.06 bits per heavy atom. The van der Waals surface area contributed by atoms with E-state index in [1.54, 1.807) is 0 Å². The zero-order valence-corrected chi connectivity index (χ0v) is 9.86. The lowest BCUT2D eigenvalue weighted by atomic mass is 10.0. The van der Waals surface area contributed by atoms with E-state index in [4.69, 9.17) is 0 Å². The fourth-order valence-electron chi connectivity index (χ4n) is 1.97. The minimum atomic E-state index is -0.0494. The highest BCUT2D eigenvalue weighted by molar-refractivity contribution is 6.02. The Hall–Kier alpha value is -2.09. The molecular weight excluding hydrogens is 210 g/mol. The van der Waals surface area contributed by atoms with Gasteiger partial charge in [0.1, 0.15) is 0 Å². The minimum absolute atomic E-state index is 0.0494. The van der Waals surface area contributed by atoms with E-state index in [-0.39, 0.29) is 5.91 Å². The summed E-state index contributed by atoms with van der Waals surface area (Å²) in [4.78, 5) is 11.3. The van der Waals surface area contributed by atoms with Crippen LogP contribution in [0, 0.1) is 0 Å². The quantitative estimate of drug-likeness (QED) is 0.795. The lowest BCUT2D eigenvalue weighted by Gasteiger charge is -2.12. The van der Waals surface area contributed by atoms with Crippen molar-refractivity contribution in [2.45, 2.75) is 13.3 Å². The molecule has 0 fully saturated rings. The van der Waals surface area contributed by atoms with Crippen LogP contribution in [-0.2, 0) is 11.2 Å². The fraction of sp³-hybridized carbons (Fsp3) is 0.133. The van der Waals surface area contributed by atoms with Crippen molar-refractivity contribution in [3.63, 3.8) is 0 Å². The monoisotopic (exact) mass is 225 g/mol. The van der Waals surface area contributed by atoms with Crippen molar-refractivity contribution in [1.29, 1.82) is 0 Å². The van der Waals surface area contributed by atoms with Crippen LogP contribution in [0.15, 0.2) is 49.1 Å².